The van der Waals surface area contributed by atoms with Crippen molar-refractivity contribution in [2.45, 2.75) is 27.6 Å². The fraction of sp³-hybridized carbons (Fsp3) is 1.00. The van der Waals surface area contributed by atoms with Gasteiger partial charge in [-0.1, -0.05) is 0 Å². The maximum atomic E-state index is 12.2. The molecule has 0 heterocycles. The van der Waals surface area contributed by atoms with Gasteiger partial charge in [-0.05, 0) is 15.2 Å². The van der Waals surface area contributed by atoms with Crippen molar-refractivity contribution in [2.75, 3.05) is 26.2 Å². The van der Waals surface area contributed by atoms with Crippen molar-refractivity contribution in [1.82, 2.24) is 14.7 Å². The molecule has 15 N–H and O–H groups in total. The Morgan fingerprint density at radius 1 is 0.316 bits per heavy atom. The van der Waals surface area contributed by atoms with Crippen LogP contribution in [0.15, 0.2) is 0 Å². The molecule has 33 nitrogen and oxygen atoms in total. The van der Waals surface area contributed by atoms with Gasteiger partial charge in [0.05, 0.1) is 5.52 Å². The molecular weight excluding hydrogens is 1050 g/mol. The van der Waals surface area contributed by atoms with Crippen molar-refractivity contribution in [2.24, 2.45) is 0 Å². The standard InChI is InChI=1S/C9H33N3O30P10.5Na/c13-43(14,15)5(44(16,17)18)10(1-3-11(6(45(19,20)21)46(22,23)24)7(47(25,26)27)48(28,29)30)2-4-12(8(49(31,32)33)50(34,35)36)9(51(37,38)39)52(40,41)42;;;;;/h5-9H,1-4H2,(H2,13,14,15)(H2,16,17,18)(H2,19,20,21)(H2,22,23,24)(H2,25,26,27)(H2,28,29,30)(H2,31,32,33)(H2,34,35,36)(H2,37,38,39)(H2,40,41,42);;;;;/q;5*+1/p-5. The van der Waals surface area contributed by atoms with E-state index >= 15 is 0 Å². The molecule has 2 atom stereocenters. The predicted molar refractivity (Wildman–Crippen MR) is 153 cm³/mol. The third kappa shape index (κ3) is 24.5. The largest absolute Gasteiger partial charge is 1.00 e. The Kier molecular flexibility index (Phi) is 34.7. The van der Waals surface area contributed by atoms with Gasteiger partial charge in [0.2, 0.25) is 16.6 Å². The Morgan fingerprint density at radius 3 is 0.667 bits per heavy atom. The van der Waals surface area contributed by atoms with Gasteiger partial charge < -0.3 is 112 Å². The summed E-state index contributed by atoms with van der Waals surface area (Å²) in [7, 11) is -68.2. The number of hydrogen-bond donors (Lipinski definition) is 15. The van der Waals surface area contributed by atoms with E-state index in [-0.39, 0.29) is 148 Å². The molecule has 0 radical (unpaired) electrons. The van der Waals surface area contributed by atoms with Crippen molar-refractivity contribution < 1.29 is 291 Å². The first-order valence-electron chi connectivity index (χ1n) is 11.9. The van der Waals surface area contributed by atoms with Crippen LogP contribution in [0.5, 0.6) is 0 Å². The van der Waals surface area contributed by atoms with Crippen LogP contribution in [-0.4, -0.2) is 142 Å². The molecule has 0 aromatic rings. The second-order valence-electron chi connectivity index (χ2n) is 10.0. The fourth-order valence-corrected chi connectivity index (χ4v) is 19.2. The molecule has 0 bridgehead atoms. The van der Waals surface area contributed by atoms with E-state index in [1.807, 2.05) is 0 Å². The van der Waals surface area contributed by atoms with Crippen molar-refractivity contribution in [3.63, 3.8) is 0 Å². The van der Waals surface area contributed by atoms with Crippen LogP contribution in [0.25, 0.3) is 0 Å². The van der Waals surface area contributed by atoms with Gasteiger partial charge in [-0.15, -0.1) is 0 Å². The molecule has 0 fully saturated rings. The summed E-state index contributed by atoms with van der Waals surface area (Å²) < 4.78 is 120. The van der Waals surface area contributed by atoms with E-state index < -0.39 is 144 Å². The Morgan fingerprint density at radius 2 is 0.509 bits per heavy atom. The molecule has 0 amide bonds. The van der Waals surface area contributed by atoms with Gasteiger partial charge >= 0.3 is 201 Å². The van der Waals surface area contributed by atoms with Crippen molar-refractivity contribution in [1.29, 1.82) is 0 Å². The SMILES string of the molecule is O=P([O-])([O-])C(N(CCN(CCN(C(P(=O)(O)O)P(=O)(O)O)C(P(=O)(O)O)P(=O)(O)O)C(P(=O)(O)O)P(=O)(O)O)C(P(=O)([O-])O)P(=O)(O)O)P(=O)([O-])[O-].[Na+].[Na+].[Na+].[Na+].[Na+]. The minimum Gasteiger partial charge on any atom is -0.809 e. The van der Waals surface area contributed by atoms with Gasteiger partial charge in [0.1, 0.15) is 0 Å². The minimum atomic E-state index is -7.28. The van der Waals surface area contributed by atoms with E-state index in [4.69, 9.17) is 0 Å². The molecule has 0 rings (SSSR count). The molecule has 314 valence electrons. The second kappa shape index (κ2) is 26.4. The maximum absolute atomic E-state index is 12.2. The van der Waals surface area contributed by atoms with Crippen molar-refractivity contribution in [3.8, 4) is 0 Å². The van der Waals surface area contributed by atoms with E-state index in [1.54, 1.807) is 0 Å². The van der Waals surface area contributed by atoms with Crippen LogP contribution < -0.4 is 172 Å². The quantitative estimate of drug-likeness (QED) is 0.0375. The molecule has 0 saturated carbocycles. The van der Waals surface area contributed by atoms with Crippen molar-refractivity contribution in [3.05, 3.63) is 0 Å². The van der Waals surface area contributed by atoms with E-state index in [0.29, 0.717) is 0 Å². The van der Waals surface area contributed by atoms with E-state index in [9.17, 15) is 144 Å². The van der Waals surface area contributed by atoms with Crippen LogP contribution in [-0.2, 0) is 45.7 Å². The average molecular weight is 1080 g/mol. The second-order valence-corrected chi connectivity index (χ2v) is 28.5. The zero-order valence-electron chi connectivity index (χ0n) is 29.4. The normalized spacial score (nSPS) is 15.8. The third-order valence-corrected chi connectivity index (χ3v) is 23.6. The molecule has 2 unspecified atom stereocenters. The van der Waals surface area contributed by atoms with Crippen LogP contribution in [0, 0.1) is 0 Å². The van der Waals surface area contributed by atoms with E-state index in [1.165, 1.54) is 0 Å². The molecule has 0 aliphatic heterocycles. The molecular formula is C9H28N3Na5O30P10. The van der Waals surface area contributed by atoms with Crippen LogP contribution in [0.1, 0.15) is 0 Å². The van der Waals surface area contributed by atoms with Crippen LogP contribution in [0.3, 0.4) is 0 Å². The summed E-state index contributed by atoms with van der Waals surface area (Å²) in [5.41, 5.74) is -20.9. The Hall–Kier alpha value is 6.38. The summed E-state index contributed by atoms with van der Waals surface area (Å²) in [6, 6.07) is 0. The van der Waals surface area contributed by atoms with Gasteiger partial charge in [-0.3, -0.25) is 46.7 Å². The van der Waals surface area contributed by atoms with Gasteiger partial charge in [-0.2, -0.15) is 0 Å². The minimum absolute atomic E-state index is 0. The van der Waals surface area contributed by atoms with Crippen molar-refractivity contribution >= 4 is 76.0 Å². The first-order chi connectivity index (χ1) is 22.2. The zero-order valence-corrected chi connectivity index (χ0v) is 48.3. The Bertz CT molecular complexity index is 1470. The third-order valence-electron chi connectivity index (χ3n) is 5.77. The molecule has 0 aliphatic carbocycles. The average Bonchev–Trinajstić information content (AvgIpc) is 2.70. The fourth-order valence-electron chi connectivity index (χ4n) is 4.42. The first kappa shape index (κ1) is 74.9. The molecule has 0 aromatic heterocycles. The van der Waals surface area contributed by atoms with Gasteiger partial charge in [-0.25, -0.2) is 0 Å². The smallest absolute Gasteiger partial charge is 0.809 e. The maximum Gasteiger partial charge on any atom is 1.00 e. The summed E-state index contributed by atoms with van der Waals surface area (Å²) in [5.74, 6) is 0. The number of rotatable bonds is 21. The van der Waals surface area contributed by atoms with Crippen LogP contribution >= 0.6 is 76.0 Å². The van der Waals surface area contributed by atoms with Crippen LogP contribution in [0.2, 0.25) is 0 Å². The molecule has 0 saturated heterocycles. The van der Waals surface area contributed by atoms with Gasteiger partial charge in [0.25, 0.3) is 0 Å². The summed E-state index contributed by atoms with van der Waals surface area (Å²) in [5, 5.41) is 0. The van der Waals surface area contributed by atoms with E-state index in [2.05, 4.69) is 0 Å². The summed E-state index contributed by atoms with van der Waals surface area (Å²) in [6.07, 6.45) is 0. The summed E-state index contributed by atoms with van der Waals surface area (Å²) in [6.45, 7) is -9.05. The zero-order chi connectivity index (χ0) is 42.4. The number of nitrogens with zero attached hydrogens (tertiary/aromatic N) is 3. The monoisotopic (exact) mass is 1080 g/mol. The number of hydrogen-bond acceptors (Lipinski definition) is 18. The predicted octanol–water partition coefficient (Wildman–Crippen LogP) is -23.1. The Labute approximate surface area is 430 Å². The molecule has 57 heavy (non-hydrogen) atoms. The van der Waals surface area contributed by atoms with Gasteiger partial charge in [0, 0.05) is 26.2 Å². The van der Waals surface area contributed by atoms with E-state index in [0.717, 1.165) is 0 Å². The Balaban J connectivity index is -0.00000130. The molecule has 0 spiro atoms. The first-order valence-corrected chi connectivity index (χ1v) is 28.5. The van der Waals surface area contributed by atoms with Gasteiger partial charge in [0.15, 0.2) is 13.1 Å². The topological polar surface area (TPSA) is 599 Å². The molecule has 0 aliphatic rings. The van der Waals surface area contributed by atoms with Crippen LogP contribution in [0.4, 0.5) is 0 Å². The molecule has 0 aromatic carbocycles. The molecule has 48 heteroatoms. The summed E-state index contributed by atoms with van der Waals surface area (Å²) >= 11 is 0. The summed E-state index contributed by atoms with van der Waals surface area (Å²) in [4.78, 5) is 200.